The number of halogens is 3. The van der Waals surface area contributed by atoms with Gasteiger partial charge in [-0.25, -0.2) is 13.4 Å². The molecule has 0 aliphatic rings. The van der Waals surface area contributed by atoms with Crippen LogP contribution < -0.4 is 4.72 Å². The third-order valence-electron chi connectivity index (χ3n) is 2.14. The molecule has 0 saturated carbocycles. The van der Waals surface area contributed by atoms with Gasteiger partial charge in [-0.2, -0.15) is 0 Å². The molecule has 1 heterocycles. The second kappa shape index (κ2) is 5.54. The molecule has 2 aromatic rings. The Labute approximate surface area is 125 Å². The Balaban J connectivity index is 2.41. The maximum atomic E-state index is 12.1. The average molecular weight is 338 g/mol. The Morgan fingerprint density at radius 3 is 2.26 bits per heavy atom. The van der Waals surface area contributed by atoms with Gasteiger partial charge in [-0.15, -0.1) is 0 Å². The molecule has 0 atom stereocenters. The van der Waals surface area contributed by atoms with Gasteiger partial charge in [0.1, 0.15) is 0 Å². The second-order valence-corrected chi connectivity index (χ2v) is 6.51. The van der Waals surface area contributed by atoms with E-state index in [1.54, 1.807) is 6.07 Å². The number of hydrogen-bond acceptors (Lipinski definition) is 3. The van der Waals surface area contributed by atoms with E-state index in [-0.39, 0.29) is 25.8 Å². The van der Waals surface area contributed by atoms with Gasteiger partial charge in [-0.1, -0.05) is 34.8 Å². The lowest BCUT2D eigenvalue weighted by Gasteiger charge is -2.09. The molecule has 8 heteroatoms. The molecular weight excluding hydrogens is 331 g/mol. The number of benzene rings is 1. The molecular formula is C11H7Cl3N2O2S. The predicted octanol–water partition coefficient (Wildman–Crippen LogP) is 3.84. The van der Waals surface area contributed by atoms with Crippen molar-refractivity contribution in [3.8, 4) is 0 Å². The van der Waals surface area contributed by atoms with E-state index in [1.807, 2.05) is 0 Å². The Kier molecular flexibility index (Phi) is 4.20. The summed E-state index contributed by atoms with van der Waals surface area (Å²) in [5.41, 5.74) is 0. The number of aromatic nitrogens is 1. The highest BCUT2D eigenvalue weighted by molar-refractivity contribution is 7.92. The standard InChI is InChI=1S/C11H7Cl3N2O2S/c12-7-4-8(13)6-9(5-7)19(17,18)16-11-10(14)2-1-3-15-11/h1-6H,(H,15,16). The topological polar surface area (TPSA) is 59.1 Å². The van der Waals surface area contributed by atoms with E-state index in [9.17, 15) is 8.42 Å². The first-order chi connectivity index (χ1) is 8.88. The van der Waals surface area contributed by atoms with Gasteiger partial charge in [0, 0.05) is 16.2 Å². The first-order valence-electron chi connectivity index (χ1n) is 4.98. The number of pyridine rings is 1. The van der Waals surface area contributed by atoms with Crippen molar-refractivity contribution < 1.29 is 8.42 Å². The molecule has 0 unspecified atom stereocenters. The van der Waals surface area contributed by atoms with Crippen LogP contribution in [0.1, 0.15) is 0 Å². The van der Waals surface area contributed by atoms with E-state index >= 15 is 0 Å². The van der Waals surface area contributed by atoms with Crippen LogP contribution in [0.25, 0.3) is 0 Å². The number of nitrogens with zero attached hydrogens (tertiary/aromatic N) is 1. The first-order valence-corrected chi connectivity index (χ1v) is 7.59. The number of sulfonamides is 1. The van der Waals surface area contributed by atoms with Gasteiger partial charge in [0.05, 0.1) is 9.92 Å². The van der Waals surface area contributed by atoms with Crippen molar-refractivity contribution in [2.45, 2.75) is 4.90 Å². The Bertz CT molecular complexity index is 699. The summed E-state index contributed by atoms with van der Waals surface area (Å²) in [5.74, 6) is 0.0419. The number of anilines is 1. The summed E-state index contributed by atoms with van der Waals surface area (Å²) in [7, 11) is -3.85. The molecule has 4 nitrogen and oxygen atoms in total. The molecule has 1 aromatic carbocycles. The minimum Gasteiger partial charge on any atom is -0.262 e. The van der Waals surface area contributed by atoms with Crippen LogP contribution in [-0.2, 0) is 10.0 Å². The fraction of sp³-hybridized carbons (Fsp3) is 0. The van der Waals surface area contributed by atoms with E-state index in [2.05, 4.69) is 9.71 Å². The Morgan fingerprint density at radius 2 is 1.68 bits per heavy atom. The molecule has 0 saturated heterocycles. The zero-order valence-corrected chi connectivity index (χ0v) is 12.4. The van der Waals surface area contributed by atoms with Gasteiger partial charge < -0.3 is 0 Å². The zero-order chi connectivity index (χ0) is 14.0. The predicted molar refractivity (Wildman–Crippen MR) is 76.5 cm³/mol. The van der Waals surface area contributed by atoms with Gasteiger partial charge in [0.2, 0.25) is 0 Å². The van der Waals surface area contributed by atoms with Gasteiger partial charge in [0.15, 0.2) is 5.82 Å². The molecule has 0 bridgehead atoms. The molecule has 0 aliphatic heterocycles. The fourth-order valence-electron chi connectivity index (χ4n) is 1.33. The van der Waals surface area contributed by atoms with E-state index < -0.39 is 10.0 Å². The summed E-state index contributed by atoms with van der Waals surface area (Å²) < 4.78 is 26.5. The van der Waals surface area contributed by atoms with Gasteiger partial charge in [0.25, 0.3) is 10.0 Å². The van der Waals surface area contributed by atoms with Crippen LogP contribution in [-0.4, -0.2) is 13.4 Å². The maximum absolute atomic E-state index is 12.1. The summed E-state index contributed by atoms with van der Waals surface area (Å²) in [6.45, 7) is 0. The molecule has 0 amide bonds. The average Bonchev–Trinajstić information content (AvgIpc) is 2.31. The molecule has 0 aliphatic carbocycles. The Hall–Kier alpha value is -1.01. The Morgan fingerprint density at radius 1 is 1.05 bits per heavy atom. The lowest BCUT2D eigenvalue weighted by atomic mass is 10.4. The van der Waals surface area contributed by atoms with Crippen molar-refractivity contribution in [1.82, 2.24) is 4.98 Å². The summed E-state index contributed by atoms with van der Waals surface area (Å²) >= 11 is 17.4. The molecule has 19 heavy (non-hydrogen) atoms. The fourth-order valence-corrected chi connectivity index (χ4v) is 3.31. The molecule has 0 fully saturated rings. The number of nitrogens with one attached hydrogen (secondary N) is 1. The van der Waals surface area contributed by atoms with Crippen LogP contribution >= 0.6 is 34.8 Å². The van der Waals surface area contributed by atoms with Crippen molar-refractivity contribution in [3.63, 3.8) is 0 Å². The minimum atomic E-state index is -3.85. The first kappa shape index (κ1) is 14.4. The number of rotatable bonds is 3. The van der Waals surface area contributed by atoms with Crippen molar-refractivity contribution in [2.75, 3.05) is 4.72 Å². The van der Waals surface area contributed by atoms with E-state index in [4.69, 9.17) is 34.8 Å². The van der Waals surface area contributed by atoms with Crippen LogP contribution in [0.4, 0.5) is 5.82 Å². The maximum Gasteiger partial charge on any atom is 0.263 e. The van der Waals surface area contributed by atoms with Crippen LogP contribution in [0.2, 0.25) is 15.1 Å². The normalized spacial score (nSPS) is 11.3. The molecule has 2 rings (SSSR count). The minimum absolute atomic E-state index is 0.0419. The molecule has 1 N–H and O–H groups in total. The highest BCUT2D eigenvalue weighted by Crippen LogP contribution is 2.25. The van der Waals surface area contributed by atoms with Crippen molar-refractivity contribution in [3.05, 3.63) is 51.6 Å². The largest absolute Gasteiger partial charge is 0.263 e. The highest BCUT2D eigenvalue weighted by Gasteiger charge is 2.17. The SMILES string of the molecule is O=S(=O)(Nc1ncccc1Cl)c1cc(Cl)cc(Cl)c1. The molecule has 100 valence electrons. The molecule has 0 radical (unpaired) electrons. The van der Waals surface area contributed by atoms with Crippen LogP contribution in [0.5, 0.6) is 0 Å². The summed E-state index contributed by atoms with van der Waals surface area (Å²) in [4.78, 5) is 3.78. The van der Waals surface area contributed by atoms with Gasteiger partial charge in [-0.05, 0) is 30.3 Å². The van der Waals surface area contributed by atoms with Gasteiger partial charge >= 0.3 is 0 Å². The van der Waals surface area contributed by atoms with Crippen molar-refractivity contribution in [2.24, 2.45) is 0 Å². The summed E-state index contributed by atoms with van der Waals surface area (Å²) in [5, 5.41) is 0.638. The molecule has 1 aromatic heterocycles. The lowest BCUT2D eigenvalue weighted by molar-refractivity contribution is 0.601. The number of hydrogen-bond donors (Lipinski definition) is 1. The summed E-state index contributed by atoms with van der Waals surface area (Å²) in [6, 6.07) is 7.13. The zero-order valence-electron chi connectivity index (χ0n) is 9.27. The second-order valence-electron chi connectivity index (χ2n) is 3.54. The van der Waals surface area contributed by atoms with Crippen molar-refractivity contribution >= 4 is 50.6 Å². The third kappa shape index (κ3) is 3.51. The lowest BCUT2D eigenvalue weighted by Crippen LogP contribution is -2.14. The van der Waals surface area contributed by atoms with Crippen molar-refractivity contribution in [1.29, 1.82) is 0 Å². The van der Waals surface area contributed by atoms with E-state index in [1.165, 1.54) is 30.5 Å². The molecule has 0 spiro atoms. The van der Waals surface area contributed by atoms with Gasteiger partial charge in [-0.3, -0.25) is 4.72 Å². The smallest absolute Gasteiger partial charge is 0.262 e. The monoisotopic (exact) mass is 336 g/mol. The van der Waals surface area contributed by atoms with E-state index in [0.717, 1.165) is 0 Å². The van der Waals surface area contributed by atoms with E-state index in [0.29, 0.717) is 0 Å². The van der Waals surface area contributed by atoms with Crippen LogP contribution in [0, 0.1) is 0 Å². The highest BCUT2D eigenvalue weighted by atomic mass is 35.5. The third-order valence-corrected chi connectivity index (χ3v) is 4.20. The van der Waals surface area contributed by atoms with Crippen LogP contribution in [0.3, 0.4) is 0 Å². The summed E-state index contributed by atoms with van der Waals surface area (Å²) in [6.07, 6.45) is 1.43. The van der Waals surface area contributed by atoms with Crippen LogP contribution in [0.15, 0.2) is 41.4 Å². The quantitative estimate of drug-likeness (QED) is 0.925.